The molecular weight excluding hydrogens is 208 g/mol. The SMILES string of the molecule is COC(=O)c1ccc(C=CCN=[N+]=[N-])nc1. The number of azide groups is 1. The van der Waals surface area contributed by atoms with Crippen LogP contribution in [0.2, 0.25) is 0 Å². The van der Waals surface area contributed by atoms with Crippen LogP contribution in [0.1, 0.15) is 16.1 Å². The highest BCUT2D eigenvalue weighted by atomic mass is 16.5. The first kappa shape index (κ1) is 11.7. The van der Waals surface area contributed by atoms with E-state index in [1.165, 1.54) is 13.3 Å². The van der Waals surface area contributed by atoms with Gasteiger partial charge < -0.3 is 4.74 Å². The number of carbonyl (C=O) groups is 1. The molecule has 6 nitrogen and oxygen atoms in total. The number of rotatable bonds is 4. The second kappa shape index (κ2) is 6.21. The van der Waals surface area contributed by atoms with Crippen LogP contribution in [-0.4, -0.2) is 24.6 Å². The van der Waals surface area contributed by atoms with E-state index in [0.29, 0.717) is 11.3 Å². The summed E-state index contributed by atoms with van der Waals surface area (Å²) >= 11 is 0. The molecule has 0 saturated carbocycles. The molecule has 0 aliphatic rings. The number of hydrogen-bond donors (Lipinski definition) is 0. The van der Waals surface area contributed by atoms with Gasteiger partial charge in [0.25, 0.3) is 0 Å². The van der Waals surface area contributed by atoms with Gasteiger partial charge in [0.15, 0.2) is 0 Å². The summed E-state index contributed by atoms with van der Waals surface area (Å²) in [5, 5.41) is 3.34. The van der Waals surface area contributed by atoms with E-state index in [4.69, 9.17) is 5.53 Å². The van der Waals surface area contributed by atoms with E-state index in [-0.39, 0.29) is 6.54 Å². The zero-order valence-electron chi connectivity index (χ0n) is 8.70. The predicted molar refractivity (Wildman–Crippen MR) is 58.6 cm³/mol. The summed E-state index contributed by atoms with van der Waals surface area (Å²) in [7, 11) is 1.32. The summed E-state index contributed by atoms with van der Waals surface area (Å²) in [6, 6.07) is 3.30. The van der Waals surface area contributed by atoms with Gasteiger partial charge in [-0.3, -0.25) is 4.98 Å². The molecular formula is C10H10N4O2. The number of hydrogen-bond acceptors (Lipinski definition) is 4. The van der Waals surface area contributed by atoms with Crippen molar-refractivity contribution in [2.75, 3.05) is 13.7 Å². The quantitative estimate of drug-likeness (QED) is 0.336. The smallest absolute Gasteiger partial charge is 0.339 e. The molecule has 0 aromatic carbocycles. The van der Waals surface area contributed by atoms with Crippen molar-refractivity contribution < 1.29 is 9.53 Å². The maximum Gasteiger partial charge on any atom is 0.339 e. The van der Waals surface area contributed by atoms with Crippen molar-refractivity contribution in [3.63, 3.8) is 0 Å². The molecule has 0 bridgehead atoms. The monoisotopic (exact) mass is 218 g/mol. The molecule has 82 valence electrons. The molecule has 1 aromatic rings. The Morgan fingerprint density at radius 1 is 1.69 bits per heavy atom. The number of carbonyl (C=O) groups excluding carboxylic acids is 1. The van der Waals surface area contributed by atoms with E-state index >= 15 is 0 Å². The van der Waals surface area contributed by atoms with Gasteiger partial charge in [0.05, 0.1) is 18.4 Å². The van der Waals surface area contributed by atoms with Gasteiger partial charge in [0.1, 0.15) is 0 Å². The van der Waals surface area contributed by atoms with Crippen molar-refractivity contribution in [1.29, 1.82) is 0 Å². The summed E-state index contributed by atoms with van der Waals surface area (Å²) in [5.41, 5.74) is 9.12. The molecule has 0 aliphatic heterocycles. The number of aromatic nitrogens is 1. The molecule has 0 atom stereocenters. The first-order valence-electron chi connectivity index (χ1n) is 4.49. The van der Waals surface area contributed by atoms with Crippen LogP contribution in [0.25, 0.3) is 16.5 Å². The predicted octanol–water partition coefficient (Wildman–Crippen LogP) is 2.19. The summed E-state index contributed by atoms with van der Waals surface area (Å²) in [5.74, 6) is -0.419. The zero-order valence-corrected chi connectivity index (χ0v) is 8.70. The first-order valence-corrected chi connectivity index (χ1v) is 4.49. The fourth-order valence-corrected chi connectivity index (χ4v) is 1.000. The molecule has 1 aromatic heterocycles. The van der Waals surface area contributed by atoms with E-state index in [0.717, 1.165) is 0 Å². The van der Waals surface area contributed by atoms with Crippen LogP contribution >= 0.6 is 0 Å². The van der Waals surface area contributed by atoms with E-state index in [2.05, 4.69) is 19.7 Å². The van der Waals surface area contributed by atoms with Crippen LogP contribution in [0.5, 0.6) is 0 Å². The fraction of sp³-hybridized carbons (Fsp3) is 0.200. The minimum atomic E-state index is -0.419. The lowest BCUT2D eigenvalue weighted by Gasteiger charge is -1.98. The zero-order chi connectivity index (χ0) is 11.8. The molecule has 1 heterocycles. The van der Waals surface area contributed by atoms with E-state index < -0.39 is 5.97 Å². The summed E-state index contributed by atoms with van der Waals surface area (Å²) in [6.45, 7) is 0.275. The molecule has 0 amide bonds. The van der Waals surface area contributed by atoms with Gasteiger partial charge in [-0.05, 0) is 23.7 Å². The molecule has 0 fully saturated rings. The third-order valence-electron chi connectivity index (χ3n) is 1.75. The molecule has 6 heteroatoms. The summed E-state index contributed by atoms with van der Waals surface area (Å²) < 4.78 is 4.54. The van der Waals surface area contributed by atoms with Crippen molar-refractivity contribution >= 4 is 12.0 Å². The van der Waals surface area contributed by atoms with Crippen molar-refractivity contribution in [3.8, 4) is 0 Å². The van der Waals surface area contributed by atoms with Crippen molar-refractivity contribution in [2.45, 2.75) is 0 Å². The van der Waals surface area contributed by atoms with Gasteiger partial charge in [-0.1, -0.05) is 11.2 Å². The normalized spacial score (nSPS) is 9.81. The first-order chi connectivity index (χ1) is 7.77. The average molecular weight is 218 g/mol. The number of pyridine rings is 1. The number of methoxy groups -OCH3 is 1. The Balaban J connectivity index is 2.67. The second-order valence-corrected chi connectivity index (χ2v) is 2.78. The highest BCUT2D eigenvalue weighted by Crippen LogP contribution is 2.03. The van der Waals surface area contributed by atoms with Crippen LogP contribution in [0.4, 0.5) is 0 Å². The van der Waals surface area contributed by atoms with Gasteiger partial charge in [-0.15, -0.1) is 0 Å². The molecule has 0 radical (unpaired) electrons. The van der Waals surface area contributed by atoms with Gasteiger partial charge in [-0.2, -0.15) is 0 Å². The third-order valence-corrected chi connectivity index (χ3v) is 1.75. The van der Waals surface area contributed by atoms with Crippen LogP contribution < -0.4 is 0 Å². The van der Waals surface area contributed by atoms with Gasteiger partial charge in [0, 0.05) is 17.7 Å². The molecule has 0 N–H and O–H groups in total. The Morgan fingerprint density at radius 3 is 3.06 bits per heavy atom. The maximum atomic E-state index is 11.1. The Labute approximate surface area is 92.2 Å². The number of esters is 1. The van der Waals surface area contributed by atoms with Gasteiger partial charge in [0.2, 0.25) is 0 Å². The van der Waals surface area contributed by atoms with E-state index in [1.54, 1.807) is 24.3 Å². The van der Waals surface area contributed by atoms with Crippen LogP contribution in [0.3, 0.4) is 0 Å². The summed E-state index contributed by atoms with van der Waals surface area (Å²) in [4.78, 5) is 17.7. The lowest BCUT2D eigenvalue weighted by Crippen LogP contribution is -2.01. The van der Waals surface area contributed by atoms with Gasteiger partial charge in [-0.25, -0.2) is 4.79 Å². The Hall–Kier alpha value is -2.33. The minimum Gasteiger partial charge on any atom is -0.465 e. The number of ether oxygens (including phenoxy) is 1. The Morgan fingerprint density at radius 2 is 2.50 bits per heavy atom. The standard InChI is InChI=1S/C10H10N4O2/c1-16-10(15)8-4-5-9(12-7-8)3-2-6-13-14-11/h2-5,7H,6H2,1H3. The van der Waals surface area contributed by atoms with Crippen molar-refractivity contribution in [2.24, 2.45) is 5.11 Å². The Kier molecular flexibility index (Phi) is 4.56. The molecule has 0 saturated heterocycles. The molecule has 0 aliphatic carbocycles. The highest BCUT2D eigenvalue weighted by Gasteiger charge is 2.03. The van der Waals surface area contributed by atoms with E-state index in [9.17, 15) is 4.79 Å². The molecule has 1 rings (SSSR count). The van der Waals surface area contributed by atoms with Crippen LogP contribution in [0.15, 0.2) is 29.5 Å². The Bertz CT molecular complexity index is 433. The highest BCUT2D eigenvalue weighted by molar-refractivity contribution is 5.88. The van der Waals surface area contributed by atoms with E-state index in [1.807, 2.05) is 0 Å². The number of nitrogens with zero attached hydrogens (tertiary/aromatic N) is 4. The molecule has 16 heavy (non-hydrogen) atoms. The lowest BCUT2D eigenvalue weighted by molar-refractivity contribution is 0.0600. The lowest BCUT2D eigenvalue weighted by atomic mass is 10.2. The maximum absolute atomic E-state index is 11.1. The van der Waals surface area contributed by atoms with Crippen molar-refractivity contribution in [1.82, 2.24) is 4.98 Å². The molecule has 0 spiro atoms. The van der Waals surface area contributed by atoms with Crippen LogP contribution in [-0.2, 0) is 4.74 Å². The molecule has 0 unspecified atom stereocenters. The van der Waals surface area contributed by atoms with Gasteiger partial charge >= 0.3 is 5.97 Å². The topological polar surface area (TPSA) is 88.0 Å². The fourth-order valence-electron chi connectivity index (χ4n) is 1.000. The second-order valence-electron chi connectivity index (χ2n) is 2.78. The van der Waals surface area contributed by atoms with Crippen molar-refractivity contribution in [3.05, 3.63) is 46.1 Å². The summed E-state index contributed by atoms with van der Waals surface area (Å²) in [6.07, 6.45) is 4.81. The van der Waals surface area contributed by atoms with Crippen LogP contribution in [0, 0.1) is 0 Å². The average Bonchev–Trinajstić information content (AvgIpc) is 2.34. The third kappa shape index (κ3) is 3.43. The minimum absolute atomic E-state index is 0.275. The largest absolute Gasteiger partial charge is 0.465 e.